The summed E-state index contributed by atoms with van der Waals surface area (Å²) in [7, 11) is 0. The second-order valence-electron chi connectivity index (χ2n) is 9.77. The van der Waals surface area contributed by atoms with Gasteiger partial charge >= 0.3 is 0 Å². The number of fused-ring (bicyclic) bond motifs is 1. The third-order valence-electron chi connectivity index (χ3n) is 7.21. The monoisotopic (exact) mass is 517 g/mol. The average Bonchev–Trinajstić information content (AvgIpc) is 3.41. The van der Waals surface area contributed by atoms with Gasteiger partial charge in [0.2, 0.25) is 5.91 Å². The van der Waals surface area contributed by atoms with Crippen molar-refractivity contribution >= 4 is 22.6 Å². The summed E-state index contributed by atoms with van der Waals surface area (Å²) in [4.78, 5) is 35.2. The molecule has 196 valence electrons. The first-order valence-corrected chi connectivity index (χ1v) is 13.3. The first-order valence-electron chi connectivity index (χ1n) is 13.3. The van der Waals surface area contributed by atoms with E-state index in [1.54, 1.807) is 24.7 Å². The van der Waals surface area contributed by atoms with Gasteiger partial charge in [0.25, 0.3) is 5.91 Å². The Hall–Kier alpha value is -4.70. The molecule has 0 N–H and O–H groups in total. The van der Waals surface area contributed by atoms with Crippen LogP contribution in [0, 0.1) is 11.3 Å². The zero-order valence-electron chi connectivity index (χ0n) is 22.0. The summed E-state index contributed by atoms with van der Waals surface area (Å²) in [6, 6.07) is 23.1. The van der Waals surface area contributed by atoms with Crippen molar-refractivity contribution in [1.82, 2.24) is 19.4 Å². The van der Waals surface area contributed by atoms with Gasteiger partial charge in [-0.3, -0.25) is 9.59 Å². The summed E-state index contributed by atoms with van der Waals surface area (Å²) in [5, 5.41) is 11.0. The third kappa shape index (κ3) is 5.75. The molecular formula is C32H31N5O2. The number of aromatic nitrogens is 2. The lowest BCUT2D eigenvalue weighted by molar-refractivity contribution is -0.133. The second-order valence-corrected chi connectivity index (χ2v) is 9.77. The molecular weight excluding hydrogens is 486 g/mol. The highest BCUT2D eigenvalue weighted by molar-refractivity contribution is 6.07. The molecule has 1 aromatic heterocycles. The van der Waals surface area contributed by atoms with Crippen LogP contribution in [0.2, 0.25) is 0 Å². The van der Waals surface area contributed by atoms with Crippen molar-refractivity contribution in [1.29, 1.82) is 5.26 Å². The maximum absolute atomic E-state index is 13.6. The molecule has 1 aliphatic heterocycles. The summed E-state index contributed by atoms with van der Waals surface area (Å²) in [5.41, 5.74) is 3.17. The Balaban J connectivity index is 1.30. The molecule has 2 heterocycles. The number of nitrogens with zero attached hydrogens (tertiary/aromatic N) is 5. The Morgan fingerprint density at radius 3 is 2.64 bits per heavy atom. The van der Waals surface area contributed by atoms with E-state index < -0.39 is 0 Å². The van der Waals surface area contributed by atoms with Crippen LogP contribution in [0.5, 0.6) is 0 Å². The van der Waals surface area contributed by atoms with Crippen LogP contribution in [0.15, 0.2) is 91.4 Å². The van der Waals surface area contributed by atoms with Crippen LogP contribution < -0.4 is 0 Å². The van der Waals surface area contributed by atoms with Crippen LogP contribution in [-0.4, -0.2) is 56.8 Å². The zero-order valence-corrected chi connectivity index (χ0v) is 22.0. The van der Waals surface area contributed by atoms with E-state index in [9.17, 15) is 9.59 Å². The van der Waals surface area contributed by atoms with Gasteiger partial charge in [0.1, 0.15) is 0 Å². The van der Waals surface area contributed by atoms with Crippen molar-refractivity contribution in [2.45, 2.75) is 32.4 Å². The molecule has 1 fully saturated rings. The molecule has 1 atom stereocenters. The number of rotatable bonds is 7. The van der Waals surface area contributed by atoms with Gasteiger partial charge in [0.05, 0.1) is 30.4 Å². The van der Waals surface area contributed by atoms with Gasteiger partial charge in [-0.15, -0.1) is 0 Å². The lowest BCUT2D eigenvalue weighted by Gasteiger charge is -2.40. The number of benzene rings is 3. The first kappa shape index (κ1) is 25.9. The fourth-order valence-electron chi connectivity index (χ4n) is 5.12. The summed E-state index contributed by atoms with van der Waals surface area (Å²) < 4.78 is 1.97. The fraction of sp³-hybridized carbons (Fsp3) is 0.250. The van der Waals surface area contributed by atoms with E-state index in [1.165, 1.54) is 0 Å². The van der Waals surface area contributed by atoms with Crippen molar-refractivity contribution < 1.29 is 9.59 Å². The summed E-state index contributed by atoms with van der Waals surface area (Å²) in [5.74, 6) is 0.00822. The summed E-state index contributed by atoms with van der Waals surface area (Å²) in [6.45, 7) is 4.04. The van der Waals surface area contributed by atoms with E-state index in [2.05, 4.69) is 30.1 Å². The first-order chi connectivity index (χ1) is 19.1. The molecule has 0 radical (unpaired) electrons. The maximum Gasteiger partial charge on any atom is 0.254 e. The maximum atomic E-state index is 13.6. The average molecular weight is 518 g/mol. The van der Waals surface area contributed by atoms with Gasteiger partial charge in [0, 0.05) is 43.6 Å². The molecule has 0 saturated carbocycles. The SMILES string of the molecule is CC/C=C/C1CN(C(=O)c2cccc3ccccc23)CCN1C(=O)Cc1cncn1Cc1ccc(C#N)cc1. The highest BCUT2D eigenvalue weighted by Gasteiger charge is 2.32. The highest BCUT2D eigenvalue weighted by Crippen LogP contribution is 2.22. The molecule has 5 rings (SSSR count). The van der Waals surface area contributed by atoms with E-state index in [0.29, 0.717) is 37.3 Å². The van der Waals surface area contributed by atoms with Crippen LogP contribution >= 0.6 is 0 Å². The van der Waals surface area contributed by atoms with Gasteiger partial charge in [-0.2, -0.15) is 5.26 Å². The minimum absolute atomic E-state index is 0.00529. The topological polar surface area (TPSA) is 82.2 Å². The smallest absolute Gasteiger partial charge is 0.254 e. The van der Waals surface area contributed by atoms with Gasteiger partial charge in [-0.1, -0.05) is 67.6 Å². The fourth-order valence-corrected chi connectivity index (χ4v) is 5.12. The quantitative estimate of drug-likeness (QED) is 0.329. The lowest BCUT2D eigenvalue weighted by Crippen LogP contribution is -2.56. The summed E-state index contributed by atoms with van der Waals surface area (Å²) >= 11 is 0. The van der Waals surface area contributed by atoms with E-state index in [4.69, 9.17) is 5.26 Å². The largest absolute Gasteiger partial charge is 0.334 e. The van der Waals surface area contributed by atoms with Gasteiger partial charge < -0.3 is 14.4 Å². The van der Waals surface area contributed by atoms with Crippen LogP contribution in [0.3, 0.4) is 0 Å². The Kier molecular flexibility index (Phi) is 7.83. The number of carbonyl (C=O) groups excluding carboxylic acids is 2. The molecule has 1 unspecified atom stereocenters. The molecule has 39 heavy (non-hydrogen) atoms. The molecule has 7 nitrogen and oxygen atoms in total. The minimum atomic E-state index is -0.194. The van der Waals surface area contributed by atoms with E-state index in [0.717, 1.165) is 28.5 Å². The number of amides is 2. The van der Waals surface area contributed by atoms with Crippen molar-refractivity contribution in [3.8, 4) is 6.07 Å². The number of nitriles is 1. The normalized spacial score (nSPS) is 15.5. The Bertz CT molecular complexity index is 1540. The standard InChI is InChI=1S/C32H31N5O2/c1-2-3-9-27-22-35(32(39)30-11-6-8-26-7-4-5-10-29(26)30)16-17-37(27)31(38)18-28-20-34-23-36(28)21-25-14-12-24(19-33)13-15-25/h3-15,20,23,27H,2,16-18,21-22H2,1H3/b9-3+. The number of allylic oxidation sites excluding steroid dienone is 1. The van der Waals surface area contributed by atoms with Crippen molar-refractivity contribution in [3.63, 3.8) is 0 Å². The van der Waals surface area contributed by atoms with Crippen LogP contribution in [0.25, 0.3) is 10.8 Å². The van der Waals surface area contributed by atoms with E-state index in [1.807, 2.05) is 69.0 Å². The molecule has 7 heteroatoms. The Morgan fingerprint density at radius 1 is 1.05 bits per heavy atom. The molecule has 1 saturated heterocycles. The Morgan fingerprint density at radius 2 is 1.85 bits per heavy atom. The Labute approximate surface area is 228 Å². The zero-order chi connectivity index (χ0) is 27.2. The van der Waals surface area contributed by atoms with Crippen LogP contribution in [-0.2, 0) is 17.8 Å². The van der Waals surface area contributed by atoms with Gasteiger partial charge in [0.15, 0.2) is 0 Å². The van der Waals surface area contributed by atoms with Crippen molar-refractivity contribution in [3.05, 3.63) is 114 Å². The molecule has 0 aliphatic carbocycles. The number of imidazole rings is 1. The van der Waals surface area contributed by atoms with Crippen molar-refractivity contribution in [2.24, 2.45) is 0 Å². The number of hydrogen-bond acceptors (Lipinski definition) is 4. The van der Waals surface area contributed by atoms with Crippen molar-refractivity contribution in [2.75, 3.05) is 19.6 Å². The van der Waals surface area contributed by atoms with Gasteiger partial charge in [-0.25, -0.2) is 4.98 Å². The summed E-state index contributed by atoms with van der Waals surface area (Å²) in [6.07, 6.45) is 8.66. The van der Waals surface area contributed by atoms with Gasteiger partial charge in [-0.05, 0) is 41.0 Å². The lowest BCUT2D eigenvalue weighted by atomic mass is 10.0. The van der Waals surface area contributed by atoms with E-state index >= 15 is 0 Å². The molecule has 4 aromatic rings. The molecule has 0 bridgehead atoms. The number of carbonyl (C=O) groups is 2. The van der Waals surface area contributed by atoms with Crippen LogP contribution in [0.1, 0.15) is 40.5 Å². The minimum Gasteiger partial charge on any atom is -0.334 e. The second kappa shape index (κ2) is 11.8. The molecule has 3 aromatic carbocycles. The number of piperazine rings is 1. The molecule has 1 aliphatic rings. The van der Waals surface area contributed by atoms with E-state index in [-0.39, 0.29) is 24.3 Å². The molecule has 2 amide bonds. The highest BCUT2D eigenvalue weighted by atomic mass is 16.2. The van der Waals surface area contributed by atoms with Crippen LogP contribution in [0.4, 0.5) is 0 Å². The predicted octanol–water partition coefficient (Wildman–Crippen LogP) is 4.82. The third-order valence-corrected chi connectivity index (χ3v) is 7.21. The predicted molar refractivity (Wildman–Crippen MR) is 151 cm³/mol. The molecule has 0 spiro atoms. The number of hydrogen-bond donors (Lipinski definition) is 0.